The van der Waals surface area contributed by atoms with Gasteiger partial charge in [-0.15, -0.1) is 0 Å². The number of aromatic nitrogens is 5. The third kappa shape index (κ3) is 3.83. The Balaban J connectivity index is 1.50. The molecule has 0 spiro atoms. The second-order valence-corrected chi connectivity index (χ2v) is 7.88. The number of amides is 1. The Morgan fingerprint density at radius 2 is 2.09 bits per heavy atom. The van der Waals surface area contributed by atoms with Crippen molar-refractivity contribution in [1.29, 1.82) is 0 Å². The Hall–Kier alpha value is -4.32. The molecule has 1 fully saturated rings. The molecular weight excluding hydrogens is 443 g/mol. The van der Waals surface area contributed by atoms with Crippen LogP contribution in [0.4, 0.5) is 21.7 Å². The van der Waals surface area contributed by atoms with Crippen LogP contribution in [0, 0.1) is 5.82 Å². The van der Waals surface area contributed by atoms with Crippen LogP contribution >= 0.6 is 0 Å². The molecule has 0 unspecified atom stereocenters. The highest BCUT2D eigenvalue weighted by Gasteiger charge is 2.31. The predicted molar refractivity (Wildman–Crippen MR) is 122 cm³/mol. The molecule has 1 aliphatic carbocycles. The topological polar surface area (TPSA) is 138 Å². The van der Waals surface area contributed by atoms with Gasteiger partial charge in [-0.25, -0.2) is 9.37 Å². The molecule has 0 aliphatic heterocycles. The number of anilines is 3. The summed E-state index contributed by atoms with van der Waals surface area (Å²) in [5, 5.41) is 22.8. The van der Waals surface area contributed by atoms with Gasteiger partial charge in [-0.1, -0.05) is 0 Å². The molecule has 34 heavy (non-hydrogen) atoms. The molecule has 0 radical (unpaired) electrons. The van der Waals surface area contributed by atoms with Gasteiger partial charge >= 0.3 is 0 Å². The molecule has 1 amide bonds. The second kappa shape index (κ2) is 8.56. The third-order valence-electron chi connectivity index (χ3n) is 5.71. The largest absolute Gasteiger partial charge is 0.391 e. The van der Waals surface area contributed by atoms with Gasteiger partial charge in [-0.3, -0.25) is 19.1 Å². The molecule has 4 aromatic rings. The van der Waals surface area contributed by atoms with Crippen molar-refractivity contribution in [2.75, 3.05) is 17.7 Å². The molecule has 5 rings (SSSR count). The number of nitrogens with zero attached hydrogens (tertiary/aromatic N) is 5. The average molecular weight is 464 g/mol. The average Bonchev–Trinajstić information content (AvgIpc) is 3.26. The number of halogens is 1. The van der Waals surface area contributed by atoms with Crippen LogP contribution in [-0.2, 0) is 0 Å². The van der Waals surface area contributed by atoms with Crippen molar-refractivity contribution in [2.45, 2.75) is 25.0 Å². The van der Waals surface area contributed by atoms with Crippen molar-refractivity contribution in [3.05, 3.63) is 70.8 Å². The second-order valence-electron chi connectivity index (χ2n) is 7.88. The molecule has 4 heterocycles. The smallest absolute Gasteiger partial charge is 0.278 e. The van der Waals surface area contributed by atoms with Crippen LogP contribution in [0.2, 0.25) is 0 Å². The molecule has 11 nitrogen and oxygen atoms in total. The molecule has 0 aromatic carbocycles. The van der Waals surface area contributed by atoms with Crippen molar-refractivity contribution in [3.63, 3.8) is 0 Å². The highest BCUT2D eigenvalue weighted by Crippen LogP contribution is 2.23. The predicted octanol–water partition coefficient (Wildman–Crippen LogP) is 1.45. The van der Waals surface area contributed by atoms with Crippen LogP contribution in [0.5, 0.6) is 0 Å². The summed E-state index contributed by atoms with van der Waals surface area (Å²) in [6.07, 6.45) is 6.14. The first-order valence-electron chi connectivity index (χ1n) is 10.6. The molecule has 174 valence electrons. The summed E-state index contributed by atoms with van der Waals surface area (Å²) in [5.41, 5.74) is 0.532. The zero-order valence-corrected chi connectivity index (χ0v) is 18.1. The summed E-state index contributed by atoms with van der Waals surface area (Å²) in [6.45, 7) is 0. The normalized spacial score (nSPS) is 17.3. The van der Waals surface area contributed by atoms with Gasteiger partial charge in [-0.05, 0) is 25.0 Å². The lowest BCUT2D eigenvalue weighted by Crippen LogP contribution is -2.50. The molecule has 0 saturated heterocycles. The summed E-state index contributed by atoms with van der Waals surface area (Å²) in [7, 11) is 1.69. The maximum Gasteiger partial charge on any atom is 0.278 e. The Labute approximate surface area is 192 Å². The number of hydrogen-bond donors (Lipinski definition) is 4. The lowest BCUT2D eigenvalue weighted by Gasteiger charge is -2.32. The monoisotopic (exact) mass is 464 g/mol. The summed E-state index contributed by atoms with van der Waals surface area (Å²) in [4.78, 5) is 34.1. The van der Waals surface area contributed by atoms with E-state index in [1.54, 1.807) is 25.2 Å². The zero-order valence-electron chi connectivity index (χ0n) is 18.1. The fraction of sp³-hybridized carbons (Fsp3) is 0.227. The van der Waals surface area contributed by atoms with Crippen LogP contribution in [0.1, 0.15) is 23.2 Å². The van der Waals surface area contributed by atoms with E-state index >= 15 is 0 Å². The van der Waals surface area contributed by atoms with Gasteiger partial charge in [0.2, 0.25) is 0 Å². The van der Waals surface area contributed by atoms with Gasteiger partial charge in [0.25, 0.3) is 11.5 Å². The Morgan fingerprint density at radius 3 is 2.79 bits per heavy atom. The van der Waals surface area contributed by atoms with E-state index in [1.807, 2.05) is 0 Å². The fourth-order valence-electron chi connectivity index (χ4n) is 3.72. The number of hydrogen-bond acceptors (Lipinski definition) is 8. The lowest BCUT2D eigenvalue weighted by molar-refractivity contribution is 0.0448. The van der Waals surface area contributed by atoms with Gasteiger partial charge in [0, 0.05) is 25.4 Å². The first-order valence-corrected chi connectivity index (χ1v) is 10.6. The summed E-state index contributed by atoms with van der Waals surface area (Å²) in [5.74, 6) is -0.135. The van der Waals surface area contributed by atoms with Gasteiger partial charge in [0.1, 0.15) is 28.7 Å². The Morgan fingerprint density at radius 1 is 1.24 bits per heavy atom. The summed E-state index contributed by atoms with van der Waals surface area (Å²) in [6, 6.07) is 5.75. The van der Waals surface area contributed by atoms with Crippen LogP contribution in [0.3, 0.4) is 0 Å². The molecular formula is C22H21FN8O3. The minimum absolute atomic E-state index is 0.189. The number of carbonyl (C=O) groups excluding carboxylic acids is 1. The van der Waals surface area contributed by atoms with Crippen molar-refractivity contribution < 1.29 is 14.3 Å². The van der Waals surface area contributed by atoms with Gasteiger partial charge in [0.15, 0.2) is 5.65 Å². The van der Waals surface area contributed by atoms with Crippen LogP contribution in [-0.4, -0.2) is 54.4 Å². The molecule has 2 atom stereocenters. The van der Waals surface area contributed by atoms with E-state index in [-0.39, 0.29) is 28.6 Å². The number of pyridine rings is 2. The van der Waals surface area contributed by atoms with Crippen molar-refractivity contribution in [2.24, 2.45) is 0 Å². The molecule has 12 heteroatoms. The molecule has 0 bridgehead atoms. The summed E-state index contributed by atoms with van der Waals surface area (Å²) < 4.78 is 16.3. The van der Waals surface area contributed by atoms with E-state index < -0.39 is 23.4 Å². The number of fused-ring (bicyclic) bond motifs is 1. The Kier molecular flexibility index (Phi) is 5.42. The quantitative estimate of drug-likeness (QED) is 0.336. The Bertz CT molecular complexity index is 1450. The number of aliphatic hydroxyl groups excluding tert-OH is 1. The summed E-state index contributed by atoms with van der Waals surface area (Å²) >= 11 is 0. The van der Waals surface area contributed by atoms with E-state index in [0.29, 0.717) is 24.5 Å². The molecule has 1 saturated carbocycles. The van der Waals surface area contributed by atoms with Crippen molar-refractivity contribution >= 4 is 28.9 Å². The fourth-order valence-corrected chi connectivity index (χ4v) is 3.72. The molecule has 4 aromatic heterocycles. The van der Waals surface area contributed by atoms with Crippen LogP contribution < -0.4 is 21.5 Å². The third-order valence-corrected chi connectivity index (χ3v) is 5.71. The van der Waals surface area contributed by atoms with Crippen LogP contribution in [0.15, 0.2) is 53.8 Å². The standard InChI is InChI=1S/C22H21FN8O3/c1-24-19-8-18(27-16-3-2-6-30(22(16)34)13-7-12(23)9-25-10-13)29-20-14(11-26-31(19)20)21(33)28-15-4-5-17(15)32/h2-3,6-11,15,17,24,32H,4-5H2,1H3,(H,27,29)(H,28,33)/t15-,17-/m0/s1. The van der Waals surface area contributed by atoms with Gasteiger partial charge < -0.3 is 21.1 Å². The van der Waals surface area contributed by atoms with E-state index in [0.717, 1.165) is 6.20 Å². The van der Waals surface area contributed by atoms with E-state index in [2.05, 4.69) is 31.0 Å². The van der Waals surface area contributed by atoms with Gasteiger partial charge in [-0.2, -0.15) is 9.61 Å². The molecule has 4 N–H and O–H groups in total. The maximum atomic E-state index is 13.6. The van der Waals surface area contributed by atoms with Crippen molar-refractivity contribution in [1.82, 2.24) is 29.5 Å². The van der Waals surface area contributed by atoms with Crippen molar-refractivity contribution in [3.8, 4) is 5.69 Å². The minimum atomic E-state index is -0.561. The highest BCUT2D eigenvalue weighted by molar-refractivity contribution is 6.00. The number of carbonyl (C=O) groups is 1. The minimum Gasteiger partial charge on any atom is -0.391 e. The van der Waals surface area contributed by atoms with Gasteiger partial charge in [0.05, 0.1) is 36.4 Å². The first kappa shape index (κ1) is 21.5. The maximum absolute atomic E-state index is 13.6. The van der Waals surface area contributed by atoms with Crippen LogP contribution in [0.25, 0.3) is 11.3 Å². The van der Waals surface area contributed by atoms with E-state index in [1.165, 1.54) is 33.7 Å². The SMILES string of the molecule is CNc1cc(Nc2cccn(-c3cncc(F)c3)c2=O)nc2c(C(=O)N[C@H]3CC[C@@H]3O)cnn12. The highest BCUT2D eigenvalue weighted by atomic mass is 19.1. The van der Waals surface area contributed by atoms with E-state index in [4.69, 9.17) is 0 Å². The van der Waals surface area contributed by atoms with E-state index in [9.17, 15) is 19.1 Å². The number of rotatable bonds is 6. The first-order chi connectivity index (χ1) is 16.4. The number of nitrogens with one attached hydrogen (secondary N) is 3. The number of aliphatic hydroxyl groups is 1. The lowest BCUT2D eigenvalue weighted by atomic mass is 9.89. The zero-order chi connectivity index (χ0) is 23.8. The molecule has 1 aliphatic rings.